The molecule has 0 bridgehead atoms. The summed E-state index contributed by atoms with van der Waals surface area (Å²) in [5.74, 6) is 0.105. The van der Waals surface area contributed by atoms with Crippen molar-refractivity contribution in [2.45, 2.75) is 26.3 Å². The van der Waals surface area contributed by atoms with Crippen LogP contribution in [0.4, 0.5) is 5.13 Å². The lowest BCUT2D eigenvalue weighted by molar-refractivity contribution is 0.598. The number of nitrogens with zero attached hydrogens (tertiary/aromatic N) is 2. The summed E-state index contributed by atoms with van der Waals surface area (Å²) in [6, 6.07) is -0.141. The van der Waals surface area contributed by atoms with Gasteiger partial charge in [-0.05, 0) is 13.3 Å². The summed E-state index contributed by atoms with van der Waals surface area (Å²) in [4.78, 5) is 0. The second-order valence-corrected chi connectivity index (χ2v) is 6.74. The molecule has 0 aliphatic carbocycles. The van der Waals surface area contributed by atoms with Crippen LogP contribution >= 0.6 is 11.3 Å². The highest BCUT2D eigenvalue weighted by Crippen LogP contribution is 2.16. The third-order valence-corrected chi connectivity index (χ3v) is 3.80. The van der Waals surface area contributed by atoms with Gasteiger partial charge in [-0.2, -0.15) is 0 Å². The predicted octanol–water partition coefficient (Wildman–Crippen LogP) is 0.946. The van der Waals surface area contributed by atoms with Crippen LogP contribution in [0.5, 0.6) is 0 Å². The van der Waals surface area contributed by atoms with Crippen LogP contribution in [0.1, 0.15) is 18.9 Å². The Bertz CT molecular complexity index is 413. The van der Waals surface area contributed by atoms with Crippen molar-refractivity contribution >= 4 is 26.3 Å². The van der Waals surface area contributed by atoms with E-state index in [1.54, 1.807) is 0 Å². The standard InChI is InChI=1S/C8H15N3O2S2/c1-4-7-10-11-8(14-7)9-6(2)5-15(3,12)13/h6H,4-5H2,1-3H3,(H,9,11). The fraction of sp³-hybridized carbons (Fsp3) is 0.750. The molecule has 0 aliphatic rings. The van der Waals surface area contributed by atoms with E-state index in [-0.39, 0.29) is 11.8 Å². The molecule has 15 heavy (non-hydrogen) atoms. The fourth-order valence-corrected chi connectivity index (χ4v) is 2.94. The Morgan fingerprint density at radius 1 is 1.47 bits per heavy atom. The van der Waals surface area contributed by atoms with Gasteiger partial charge >= 0.3 is 0 Å². The zero-order valence-corrected chi connectivity index (χ0v) is 10.7. The average molecular weight is 249 g/mol. The van der Waals surface area contributed by atoms with Crippen molar-refractivity contribution in [2.75, 3.05) is 17.3 Å². The topological polar surface area (TPSA) is 72.0 Å². The summed E-state index contributed by atoms with van der Waals surface area (Å²) in [5, 5.41) is 12.5. The second-order valence-electron chi connectivity index (χ2n) is 3.49. The molecular weight excluding hydrogens is 234 g/mol. The van der Waals surface area contributed by atoms with Gasteiger partial charge in [0.2, 0.25) is 5.13 Å². The van der Waals surface area contributed by atoms with Gasteiger partial charge in [-0.25, -0.2) is 8.42 Å². The highest BCUT2D eigenvalue weighted by Gasteiger charge is 2.12. The Morgan fingerprint density at radius 2 is 2.13 bits per heavy atom. The first-order chi connectivity index (χ1) is 6.90. The highest BCUT2D eigenvalue weighted by molar-refractivity contribution is 7.90. The van der Waals surface area contributed by atoms with E-state index in [1.165, 1.54) is 17.6 Å². The van der Waals surface area contributed by atoms with Crippen molar-refractivity contribution in [1.82, 2.24) is 10.2 Å². The van der Waals surface area contributed by atoms with Crippen molar-refractivity contribution in [1.29, 1.82) is 0 Å². The van der Waals surface area contributed by atoms with E-state index >= 15 is 0 Å². The molecule has 0 aliphatic heterocycles. The number of sulfone groups is 1. The maximum atomic E-state index is 11.0. The number of aryl methyl sites for hydroxylation is 1. The zero-order valence-electron chi connectivity index (χ0n) is 9.02. The molecule has 5 nitrogen and oxygen atoms in total. The molecule has 1 N–H and O–H groups in total. The molecule has 1 aromatic rings. The molecule has 86 valence electrons. The van der Waals surface area contributed by atoms with Crippen LogP contribution < -0.4 is 5.32 Å². The smallest absolute Gasteiger partial charge is 0.205 e. The van der Waals surface area contributed by atoms with Crippen LogP contribution in [0.15, 0.2) is 0 Å². The van der Waals surface area contributed by atoms with E-state index in [0.717, 1.165) is 11.4 Å². The number of hydrogen-bond acceptors (Lipinski definition) is 6. The predicted molar refractivity (Wildman–Crippen MR) is 62.1 cm³/mol. The minimum absolute atomic E-state index is 0.105. The largest absolute Gasteiger partial charge is 0.357 e. The summed E-state index contributed by atoms with van der Waals surface area (Å²) in [6.07, 6.45) is 2.07. The molecule has 7 heteroatoms. The maximum Gasteiger partial charge on any atom is 0.205 e. The summed E-state index contributed by atoms with van der Waals surface area (Å²) < 4.78 is 22.0. The Hall–Kier alpha value is -0.690. The van der Waals surface area contributed by atoms with Gasteiger partial charge in [0.1, 0.15) is 14.8 Å². The normalized spacial score (nSPS) is 13.8. The van der Waals surface area contributed by atoms with Gasteiger partial charge in [0.15, 0.2) is 0 Å². The number of nitrogens with one attached hydrogen (secondary N) is 1. The van der Waals surface area contributed by atoms with E-state index in [9.17, 15) is 8.42 Å². The minimum atomic E-state index is -2.95. The number of anilines is 1. The molecule has 0 saturated heterocycles. The average Bonchev–Trinajstić information content (AvgIpc) is 2.48. The summed E-state index contributed by atoms with van der Waals surface area (Å²) in [6.45, 7) is 3.82. The lowest BCUT2D eigenvalue weighted by Crippen LogP contribution is -2.24. The van der Waals surface area contributed by atoms with Crippen molar-refractivity contribution in [2.24, 2.45) is 0 Å². The molecule has 1 heterocycles. The second kappa shape index (κ2) is 4.89. The highest BCUT2D eigenvalue weighted by atomic mass is 32.2. The van der Waals surface area contributed by atoms with Crippen LogP contribution in [0.2, 0.25) is 0 Å². The first-order valence-electron chi connectivity index (χ1n) is 4.67. The van der Waals surface area contributed by atoms with Crippen LogP contribution in [0.25, 0.3) is 0 Å². The molecule has 0 spiro atoms. The minimum Gasteiger partial charge on any atom is -0.357 e. The Morgan fingerprint density at radius 3 is 2.60 bits per heavy atom. The van der Waals surface area contributed by atoms with Crippen molar-refractivity contribution in [3.8, 4) is 0 Å². The molecule has 0 fully saturated rings. The van der Waals surface area contributed by atoms with E-state index in [1.807, 2.05) is 13.8 Å². The Labute approximate surface area is 93.8 Å². The van der Waals surface area contributed by atoms with Crippen LogP contribution in [0, 0.1) is 0 Å². The third kappa shape index (κ3) is 4.57. The summed E-state index contributed by atoms with van der Waals surface area (Å²) >= 11 is 1.46. The number of rotatable bonds is 5. The van der Waals surface area contributed by atoms with Crippen molar-refractivity contribution in [3.63, 3.8) is 0 Å². The maximum absolute atomic E-state index is 11.0. The summed E-state index contributed by atoms with van der Waals surface area (Å²) in [5.41, 5.74) is 0. The molecule has 0 radical (unpaired) electrons. The summed E-state index contributed by atoms with van der Waals surface area (Å²) in [7, 11) is -2.95. The van der Waals surface area contributed by atoms with Gasteiger partial charge in [-0.1, -0.05) is 18.3 Å². The van der Waals surface area contributed by atoms with Gasteiger partial charge in [0.25, 0.3) is 0 Å². The first kappa shape index (κ1) is 12.4. The van der Waals surface area contributed by atoms with Crippen LogP contribution in [0.3, 0.4) is 0 Å². The molecule has 0 aromatic carbocycles. The number of aromatic nitrogens is 2. The van der Waals surface area contributed by atoms with E-state index < -0.39 is 9.84 Å². The molecule has 0 amide bonds. The van der Waals surface area contributed by atoms with Crippen LogP contribution in [-0.4, -0.2) is 36.7 Å². The van der Waals surface area contributed by atoms with Gasteiger partial charge in [-0.15, -0.1) is 10.2 Å². The molecule has 1 atom stereocenters. The van der Waals surface area contributed by atoms with E-state index in [2.05, 4.69) is 15.5 Å². The molecule has 1 rings (SSSR count). The third-order valence-electron chi connectivity index (χ3n) is 1.69. The monoisotopic (exact) mass is 249 g/mol. The van der Waals surface area contributed by atoms with E-state index in [0.29, 0.717) is 5.13 Å². The van der Waals surface area contributed by atoms with Crippen molar-refractivity contribution < 1.29 is 8.42 Å². The van der Waals surface area contributed by atoms with Gasteiger partial charge in [-0.3, -0.25) is 0 Å². The van der Waals surface area contributed by atoms with E-state index in [4.69, 9.17) is 0 Å². The quantitative estimate of drug-likeness (QED) is 0.841. The molecule has 1 aromatic heterocycles. The zero-order chi connectivity index (χ0) is 11.5. The molecular formula is C8H15N3O2S2. The van der Waals surface area contributed by atoms with Crippen LogP contribution in [-0.2, 0) is 16.3 Å². The first-order valence-corrected chi connectivity index (χ1v) is 7.55. The lowest BCUT2D eigenvalue weighted by Gasteiger charge is -2.10. The SMILES string of the molecule is CCc1nnc(NC(C)CS(C)(=O)=O)s1. The molecule has 0 saturated carbocycles. The fourth-order valence-electron chi connectivity index (χ4n) is 1.16. The van der Waals surface area contributed by atoms with Gasteiger partial charge in [0.05, 0.1) is 5.75 Å². The lowest BCUT2D eigenvalue weighted by atomic mass is 10.4. The molecule has 1 unspecified atom stereocenters. The Kier molecular flexibility index (Phi) is 4.04. The Balaban J connectivity index is 2.54. The number of hydrogen-bond donors (Lipinski definition) is 1. The van der Waals surface area contributed by atoms with Gasteiger partial charge in [0, 0.05) is 12.3 Å². The van der Waals surface area contributed by atoms with Crippen molar-refractivity contribution in [3.05, 3.63) is 5.01 Å². The van der Waals surface area contributed by atoms with Gasteiger partial charge < -0.3 is 5.32 Å².